The highest BCUT2D eigenvalue weighted by molar-refractivity contribution is 7.98. The van der Waals surface area contributed by atoms with Crippen LogP contribution in [0.25, 0.3) is 0 Å². The molecule has 0 unspecified atom stereocenters. The summed E-state index contributed by atoms with van der Waals surface area (Å²) in [6, 6.07) is 3.09. The van der Waals surface area contributed by atoms with Crippen LogP contribution in [0, 0.1) is 10.8 Å². The van der Waals surface area contributed by atoms with Gasteiger partial charge in [0.2, 0.25) is 12.1 Å². The molecular weight excluding hydrogens is 503 g/mol. The van der Waals surface area contributed by atoms with Crippen molar-refractivity contribution in [2.24, 2.45) is 10.8 Å². The highest BCUT2D eigenvalue weighted by Crippen LogP contribution is 2.66. The quantitative estimate of drug-likeness (QED) is 0.299. The minimum Gasteiger partial charge on any atom is -0.320 e. The maximum atomic E-state index is 14.4. The van der Waals surface area contributed by atoms with Gasteiger partial charge in [-0.25, -0.2) is 8.78 Å². The number of aromatic nitrogens is 3. The van der Waals surface area contributed by atoms with E-state index in [4.69, 9.17) is 4.84 Å². The number of nitrogens with zero attached hydrogens (tertiary/aromatic N) is 3. The zero-order chi connectivity index (χ0) is 26.1. The first-order valence-electron chi connectivity index (χ1n) is 11.8. The molecule has 3 fully saturated rings. The van der Waals surface area contributed by atoms with Gasteiger partial charge in [0.1, 0.15) is 18.4 Å². The summed E-state index contributed by atoms with van der Waals surface area (Å²) in [6.07, 6.45) is 0.798. The molecule has 12 heteroatoms. The van der Waals surface area contributed by atoms with Crippen LogP contribution < -0.4 is 14.9 Å². The van der Waals surface area contributed by atoms with Crippen LogP contribution >= 0.6 is 11.8 Å². The third kappa shape index (κ3) is 4.56. The van der Waals surface area contributed by atoms with Crippen molar-refractivity contribution in [1.29, 1.82) is 0 Å². The first-order valence-corrected chi connectivity index (χ1v) is 13.0. The lowest BCUT2D eigenvalue weighted by Gasteiger charge is -2.44. The van der Waals surface area contributed by atoms with E-state index < -0.39 is 53.4 Å². The van der Waals surface area contributed by atoms with E-state index >= 15 is 0 Å². The fourth-order valence-corrected chi connectivity index (χ4v) is 6.42. The van der Waals surface area contributed by atoms with E-state index in [-0.39, 0.29) is 23.3 Å². The molecule has 5 rings (SSSR count). The number of halogens is 5. The summed E-state index contributed by atoms with van der Waals surface area (Å²) in [6.45, 7) is 1.40. The average molecular weight is 532 g/mol. The Bertz CT molecular complexity index is 1190. The zero-order valence-corrected chi connectivity index (χ0v) is 21.0. The van der Waals surface area contributed by atoms with Gasteiger partial charge in [-0.05, 0) is 42.8 Å². The zero-order valence-electron chi connectivity index (χ0n) is 20.2. The Kier molecular flexibility index (Phi) is 5.85. The third-order valence-electron chi connectivity index (χ3n) is 7.63. The number of pyridine rings is 1. The Hall–Kier alpha value is -2.37. The van der Waals surface area contributed by atoms with Crippen LogP contribution in [0.2, 0.25) is 0 Å². The van der Waals surface area contributed by atoms with Crippen LogP contribution in [0.1, 0.15) is 73.1 Å². The van der Waals surface area contributed by atoms with Crippen molar-refractivity contribution in [2.45, 2.75) is 75.0 Å². The summed E-state index contributed by atoms with van der Waals surface area (Å²) in [7, 11) is 1.46. The molecule has 3 aliphatic rings. The van der Waals surface area contributed by atoms with Gasteiger partial charge in [0, 0.05) is 42.2 Å². The molecule has 1 N–H and O–H groups in total. The lowest BCUT2D eigenvalue weighted by molar-refractivity contribution is -0.913. The van der Waals surface area contributed by atoms with E-state index in [0.717, 1.165) is 17.5 Å². The van der Waals surface area contributed by atoms with Crippen molar-refractivity contribution >= 4 is 23.4 Å². The number of amides is 1. The lowest BCUT2D eigenvalue weighted by atomic mass is 9.67. The Morgan fingerprint density at radius 1 is 1.31 bits per heavy atom. The average Bonchev–Trinajstić information content (AvgIpc) is 3.45. The van der Waals surface area contributed by atoms with Gasteiger partial charge in [-0.15, -0.1) is 0 Å². The molecule has 0 aromatic carbocycles. The van der Waals surface area contributed by atoms with Crippen LogP contribution in [0.15, 0.2) is 23.4 Å². The molecule has 2 aromatic rings. The summed E-state index contributed by atoms with van der Waals surface area (Å²) in [5.41, 5.74) is -2.37. The Labute approximate surface area is 209 Å². The van der Waals surface area contributed by atoms with Crippen LogP contribution in [0.4, 0.5) is 27.6 Å². The molecule has 2 heterocycles. The van der Waals surface area contributed by atoms with Crippen LogP contribution in [0.5, 0.6) is 0 Å². The molecule has 0 bridgehead atoms. The molecule has 0 radical (unpaired) electrons. The number of thioether (sulfide) groups is 1. The summed E-state index contributed by atoms with van der Waals surface area (Å²) in [5, 5.41) is 7.47. The van der Waals surface area contributed by atoms with Crippen molar-refractivity contribution in [2.75, 3.05) is 18.7 Å². The highest BCUT2D eigenvalue weighted by Gasteiger charge is 2.57. The fraction of sp³-hybridized carbons (Fsp3) is 0.625. The number of hydrogen-bond acceptors (Lipinski definition) is 4. The number of carbonyl (C=O) groups excluding carboxylic acids is 1. The summed E-state index contributed by atoms with van der Waals surface area (Å²) < 4.78 is 73.1. The second-order valence-electron chi connectivity index (χ2n) is 10.8. The van der Waals surface area contributed by atoms with E-state index in [9.17, 15) is 26.7 Å². The maximum absolute atomic E-state index is 14.4. The van der Waals surface area contributed by atoms with E-state index in [1.54, 1.807) is 19.2 Å². The first kappa shape index (κ1) is 25.3. The summed E-state index contributed by atoms with van der Waals surface area (Å²) in [4.78, 5) is 18.6. The molecule has 0 atom stereocenters. The normalized spacial score (nSPS) is 21.6. The molecule has 36 heavy (non-hydrogen) atoms. The van der Waals surface area contributed by atoms with Gasteiger partial charge < -0.3 is 5.32 Å². The van der Waals surface area contributed by atoms with Gasteiger partial charge in [0.15, 0.2) is 0 Å². The SMILES string of the molecule is CO[n+]1ccc(NC(=O)c2c(C(F)(F)F)c(C3CC4(CC4)C3)nn2CC2(C)CC(F)(F)C2)cc1SC. The largest absolute Gasteiger partial charge is 0.420 e. The van der Waals surface area contributed by atoms with Gasteiger partial charge >= 0.3 is 6.18 Å². The van der Waals surface area contributed by atoms with Gasteiger partial charge in [0.05, 0.1) is 11.4 Å². The smallest absolute Gasteiger partial charge is 0.320 e. The van der Waals surface area contributed by atoms with Gasteiger partial charge in [-0.2, -0.15) is 18.3 Å². The molecule has 0 aliphatic heterocycles. The molecule has 1 amide bonds. The molecule has 2 aromatic heterocycles. The maximum Gasteiger partial charge on any atom is 0.420 e. The van der Waals surface area contributed by atoms with Crippen molar-refractivity contribution in [3.05, 3.63) is 35.3 Å². The monoisotopic (exact) mass is 531 g/mol. The first-order chi connectivity index (χ1) is 16.8. The standard InChI is InChI=1S/C24H27F5N4O2S/c1-21(11-23(25,26)12-21)13-32-19(20(34)30-15-4-7-33(35-2)16(8-15)36-3)17(24(27,28)29)18(31-32)14-9-22(10-14)5-6-22/h4,7-8,14H,5-6,9-13H2,1-3H3/p+1. The molecule has 1 spiro atoms. The molecular formula is C24H28F5N4O2S+. The Morgan fingerprint density at radius 2 is 1.97 bits per heavy atom. The minimum absolute atomic E-state index is 0.122. The van der Waals surface area contributed by atoms with Gasteiger partial charge in [-0.1, -0.05) is 18.7 Å². The topological polar surface area (TPSA) is 60.0 Å². The van der Waals surface area contributed by atoms with Gasteiger partial charge in [0.25, 0.3) is 10.9 Å². The van der Waals surface area contributed by atoms with E-state index in [1.165, 1.54) is 35.9 Å². The summed E-state index contributed by atoms with van der Waals surface area (Å²) >= 11 is 1.33. The predicted molar refractivity (Wildman–Crippen MR) is 122 cm³/mol. The van der Waals surface area contributed by atoms with Crippen molar-refractivity contribution in [1.82, 2.24) is 9.78 Å². The van der Waals surface area contributed by atoms with Crippen LogP contribution in [-0.2, 0) is 12.7 Å². The summed E-state index contributed by atoms with van der Waals surface area (Å²) in [5.74, 6) is -4.23. The highest BCUT2D eigenvalue weighted by atomic mass is 32.2. The molecule has 196 valence electrons. The number of anilines is 1. The molecule has 3 saturated carbocycles. The van der Waals surface area contributed by atoms with Crippen molar-refractivity contribution < 1.29 is 36.3 Å². The fourth-order valence-electron chi connectivity index (χ4n) is 5.86. The second kappa shape index (κ2) is 8.32. The lowest BCUT2D eigenvalue weighted by Crippen LogP contribution is -2.47. The van der Waals surface area contributed by atoms with E-state index in [2.05, 4.69) is 10.4 Å². The molecule has 0 saturated heterocycles. The molecule has 6 nitrogen and oxygen atoms in total. The van der Waals surface area contributed by atoms with Crippen molar-refractivity contribution in [3.8, 4) is 0 Å². The number of carbonyl (C=O) groups is 1. The number of rotatable bonds is 7. The third-order valence-corrected chi connectivity index (χ3v) is 8.35. The van der Waals surface area contributed by atoms with Crippen molar-refractivity contribution in [3.63, 3.8) is 0 Å². The van der Waals surface area contributed by atoms with E-state index in [0.29, 0.717) is 17.9 Å². The van der Waals surface area contributed by atoms with Gasteiger partial charge in [-0.3, -0.25) is 14.3 Å². The van der Waals surface area contributed by atoms with Crippen LogP contribution in [0.3, 0.4) is 0 Å². The van der Waals surface area contributed by atoms with Crippen LogP contribution in [-0.4, -0.2) is 35.0 Å². The van der Waals surface area contributed by atoms with E-state index in [1.807, 2.05) is 0 Å². The number of hydrogen-bond donors (Lipinski definition) is 1. The molecule has 3 aliphatic carbocycles. The number of nitrogens with one attached hydrogen (secondary N) is 1. The number of alkyl halides is 5. The Morgan fingerprint density at radius 3 is 2.50 bits per heavy atom. The second-order valence-corrected chi connectivity index (χ2v) is 11.6. The Balaban J connectivity index is 1.53. The minimum atomic E-state index is -4.82. The predicted octanol–water partition coefficient (Wildman–Crippen LogP) is 5.32.